The summed E-state index contributed by atoms with van der Waals surface area (Å²) in [5, 5.41) is 8.93. The molecule has 1 rings (SSSR count). The quantitative estimate of drug-likeness (QED) is 0.564. The van der Waals surface area contributed by atoms with Crippen LogP contribution in [0.1, 0.15) is 25.3 Å². The van der Waals surface area contributed by atoms with Crippen LogP contribution in [0.4, 0.5) is 0 Å². The van der Waals surface area contributed by atoms with Crippen molar-refractivity contribution in [3.05, 3.63) is 23.8 Å². The Morgan fingerprint density at radius 1 is 1.47 bits per heavy atom. The third-order valence-electron chi connectivity index (χ3n) is 2.06. The highest BCUT2D eigenvalue weighted by Gasteiger charge is 2.04. The summed E-state index contributed by atoms with van der Waals surface area (Å²) in [6.07, 6.45) is 2.35. The lowest BCUT2D eigenvalue weighted by Crippen LogP contribution is -1.87. The number of thioether (sulfide) groups is 1. The minimum absolute atomic E-state index is 0.733. The van der Waals surface area contributed by atoms with E-state index in [0.29, 0.717) is 0 Å². The molecular weight excluding hydrogens is 206 g/mol. The lowest BCUT2D eigenvalue weighted by molar-refractivity contribution is 0.413. The van der Waals surface area contributed by atoms with Crippen molar-refractivity contribution in [2.24, 2.45) is 0 Å². The third kappa shape index (κ3) is 3.49. The van der Waals surface area contributed by atoms with Crippen molar-refractivity contribution in [2.75, 3.05) is 12.9 Å². The Kier molecular flexibility index (Phi) is 5.06. The number of hydrogen-bond acceptors (Lipinski definition) is 3. The first-order chi connectivity index (χ1) is 7.31. The van der Waals surface area contributed by atoms with E-state index in [2.05, 4.69) is 13.0 Å². The van der Waals surface area contributed by atoms with Gasteiger partial charge in [0.1, 0.15) is 11.8 Å². The van der Waals surface area contributed by atoms with Gasteiger partial charge < -0.3 is 4.74 Å². The minimum Gasteiger partial charge on any atom is -0.497 e. The third-order valence-corrected chi connectivity index (χ3v) is 3.21. The molecule has 0 amide bonds. The van der Waals surface area contributed by atoms with Gasteiger partial charge in [0.05, 0.1) is 12.7 Å². The summed E-state index contributed by atoms with van der Waals surface area (Å²) in [7, 11) is 1.64. The number of benzene rings is 1. The van der Waals surface area contributed by atoms with Gasteiger partial charge in [0.2, 0.25) is 0 Å². The molecule has 0 aromatic heterocycles. The molecule has 0 aliphatic rings. The molecule has 0 N–H and O–H groups in total. The highest BCUT2D eigenvalue weighted by molar-refractivity contribution is 7.99. The lowest BCUT2D eigenvalue weighted by Gasteiger charge is -2.05. The van der Waals surface area contributed by atoms with Crippen LogP contribution in [-0.4, -0.2) is 12.9 Å². The van der Waals surface area contributed by atoms with Crippen LogP contribution in [0.3, 0.4) is 0 Å². The SMILES string of the molecule is CCCCSc1cc(OC)ccc1C#N. The van der Waals surface area contributed by atoms with E-state index in [-0.39, 0.29) is 0 Å². The summed E-state index contributed by atoms with van der Waals surface area (Å²) in [5.74, 6) is 1.87. The van der Waals surface area contributed by atoms with Gasteiger partial charge >= 0.3 is 0 Å². The molecule has 1 aromatic carbocycles. The molecule has 0 aliphatic heterocycles. The van der Waals surface area contributed by atoms with E-state index < -0.39 is 0 Å². The maximum absolute atomic E-state index is 8.93. The lowest BCUT2D eigenvalue weighted by atomic mass is 10.2. The minimum atomic E-state index is 0.733. The highest BCUT2D eigenvalue weighted by Crippen LogP contribution is 2.27. The van der Waals surface area contributed by atoms with Crippen LogP contribution >= 0.6 is 11.8 Å². The molecule has 3 heteroatoms. The zero-order chi connectivity index (χ0) is 11.1. The summed E-state index contributed by atoms with van der Waals surface area (Å²) in [6, 6.07) is 7.76. The van der Waals surface area contributed by atoms with Gasteiger partial charge in [-0.2, -0.15) is 5.26 Å². The second-order valence-electron chi connectivity index (χ2n) is 3.18. The van der Waals surface area contributed by atoms with Crippen molar-refractivity contribution in [3.63, 3.8) is 0 Å². The first kappa shape index (κ1) is 11.9. The van der Waals surface area contributed by atoms with Crippen molar-refractivity contribution in [3.8, 4) is 11.8 Å². The average Bonchev–Trinajstić information content (AvgIpc) is 2.29. The smallest absolute Gasteiger partial charge is 0.120 e. The Morgan fingerprint density at radius 3 is 2.87 bits per heavy atom. The van der Waals surface area contributed by atoms with E-state index in [1.54, 1.807) is 18.9 Å². The fourth-order valence-corrected chi connectivity index (χ4v) is 2.29. The summed E-state index contributed by atoms with van der Waals surface area (Å²) in [4.78, 5) is 1.02. The van der Waals surface area contributed by atoms with Gasteiger partial charge in [-0.1, -0.05) is 13.3 Å². The van der Waals surface area contributed by atoms with Gasteiger partial charge in [0.15, 0.2) is 0 Å². The van der Waals surface area contributed by atoms with E-state index in [0.717, 1.165) is 22.0 Å². The van der Waals surface area contributed by atoms with Crippen molar-refractivity contribution in [2.45, 2.75) is 24.7 Å². The van der Waals surface area contributed by atoms with Crippen molar-refractivity contribution < 1.29 is 4.74 Å². The number of methoxy groups -OCH3 is 1. The van der Waals surface area contributed by atoms with Crippen LogP contribution in [-0.2, 0) is 0 Å². The van der Waals surface area contributed by atoms with Crippen molar-refractivity contribution in [1.29, 1.82) is 5.26 Å². The molecule has 0 saturated heterocycles. The highest BCUT2D eigenvalue weighted by atomic mass is 32.2. The van der Waals surface area contributed by atoms with E-state index in [1.165, 1.54) is 12.8 Å². The van der Waals surface area contributed by atoms with Gasteiger partial charge in [0.25, 0.3) is 0 Å². The molecule has 15 heavy (non-hydrogen) atoms. The van der Waals surface area contributed by atoms with Crippen LogP contribution in [0, 0.1) is 11.3 Å². The van der Waals surface area contributed by atoms with E-state index >= 15 is 0 Å². The maximum Gasteiger partial charge on any atom is 0.120 e. The first-order valence-electron chi connectivity index (χ1n) is 5.02. The Bertz CT molecular complexity index is 357. The van der Waals surface area contributed by atoms with Gasteiger partial charge in [-0.05, 0) is 30.4 Å². The summed E-state index contributed by atoms with van der Waals surface area (Å²) in [6.45, 7) is 2.16. The fraction of sp³-hybridized carbons (Fsp3) is 0.417. The first-order valence-corrected chi connectivity index (χ1v) is 6.01. The maximum atomic E-state index is 8.93. The molecule has 0 fully saturated rings. The Labute approximate surface area is 95.3 Å². The predicted molar refractivity (Wildman–Crippen MR) is 63.3 cm³/mol. The average molecular weight is 221 g/mol. The predicted octanol–water partition coefficient (Wildman–Crippen LogP) is 3.46. The number of ether oxygens (including phenoxy) is 1. The fourth-order valence-electron chi connectivity index (χ4n) is 1.17. The largest absolute Gasteiger partial charge is 0.497 e. The van der Waals surface area contributed by atoms with E-state index in [4.69, 9.17) is 10.00 Å². The van der Waals surface area contributed by atoms with Crippen LogP contribution in [0.15, 0.2) is 23.1 Å². The monoisotopic (exact) mass is 221 g/mol. The van der Waals surface area contributed by atoms with Crippen LogP contribution < -0.4 is 4.74 Å². The standard InChI is InChI=1S/C12H15NOS/c1-3-4-7-15-12-8-11(14-2)6-5-10(12)9-13/h5-6,8H,3-4,7H2,1-2H3. The molecule has 1 aromatic rings. The molecule has 0 atom stereocenters. The molecule has 0 heterocycles. The summed E-state index contributed by atoms with van der Waals surface area (Å²) in [5.41, 5.74) is 0.733. The van der Waals surface area contributed by atoms with Gasteiger partial charge in [-0.3, -0.25) is 0 Å². The van der Waals surface area contributed by atoms with Crippen LogP contribution in [0.2, 0.25) is 0 Å². The van der Waals surface area contributed by atoms with Gasteiger partial charge in [-0.15, -0.1) is 11.8 Å². The van der Waals surface area contributed by atoms with Gasteiger partial charge in [0, 0.05) is 4.90 Å². The summed E-state index contributed by atoms with van der Waals surface area (Å²) >= 11 is 1.72. The van der Waals surface area contributed by atoms with Crippen molar-refractivity contribution >= 4 is 11.8 Å². The van der Waals surface area contributed by atoms with Crippen LogP contribution in [0.5, 0.6) is 5.75 Å². The number of nitriles is 1. The number of rotatable bonds is 5. The molecule has 2 nitrogen and oxygen atoms in total. The topological polar surface area (TPSA) is 33.0 Å². The van der Waals surface area contributed by atoms with Gasteiger partial charge in [-0.25, -0.2) is 0 Å². The van der Waals surface area contributed by atoms with E-state index in [9.17, 15) is 0 Å². The second kappa shape index (κ2) is 6.36. The molecular formula is C12H15NOS. The van der Waals surface area contributed by atoms with Crippen molar-refractivity contribution in [1.82, 2.24) is 0 Å². The summed E-state index contributed by atoms with van der Waals surface area (Å²) < 4.78 is 5.14. The normalized spacial score (nSPS) is 9.67. The Hall–Kier alpha value is -1.14. The molecule has 0 spiro atoms. The number of hydrogen-bond donors (Lipinski definition) is 0. The molecule has 0 bridgehead atoms. The molecule has 80 valence electrons. The second-order valence-corrected chi connectivity index (χ2v) is 4.31. The zero-order valence-electron chi connectivity index (χ0n) is 9.12. The molecule has 0 saturated carbocycles. The molecule has 0 unspecified atom stereocenters. The number of nitrogens with zero attached hydrogens (tertiary/aromatic N) is 1. The van der Waals surface area contributed by atoms with Crippen LogP contribution in [0.25, 0.3) is 0 Å². The Balaban J connectivity index is 2.78. The number of unbranched alkanes of at least 4 members (excludes halogenated alkanes) is 1. The van der Waals surface area contributed by atoms with E-state index in [1.807, 2.05) is 18.2 Å². The Morgan fingerprint density at radius 2 is 2.27 bits per heavy atom. The zero-order valence-corrected chi connectivity index (χ0v) is 9.93. The molecule has 0 aliphatic carbocycles. The molecule has 0 radical (unpaired) electrons.